The molecule has 0 radical (unpaired) electrons. The van der Waals surface area contributed by atoms with Crippen molar-refractivity contribution in [3.8, 4) is 28.7 Å². The molecule has 1 aliphatic heterocycles. The smallest absolute Gasteiger partial charge is 0.167 e. The van der Waals surface area contributed by atoms with Crippen molar-refractivity contribution in [1.29, 1.82) is 0 Å². The van der Waals surface area contributed by atoms with Crippen LogP contribution in [0.15, 0.2) is 35.4 Å². The molecule has 164 valence electrons. The number of nitrogens with two attached hydrogens (primary N) is 1. The quantitative estimate of drug-likeness (QED) is 0.264. The van der Waals surface area contributed by atoms with Crippen LogP contribution in [0, 0.1) is 30.4 Å². The normalized spacial score (nSPS) is 12.5. The van der Waals surface area contributed by atoms with Gasteiger partial charge < -0.3 is 15.4 Å². The van der Waals surface area contributed by atoms with Gasteiger partial charge >= 0.3 is 0 Å². The first-order chi connectivity index (χ1) is 15.3. The highest BCUT2D eigenvalue weighted by molar-refractivity contribution is 7.80. The second-order valence-electron chi connectivity index (χ2n) is 7.34. The van der Waals surface area contributed by atoms with Crippen LogP contribution in [-0.4, -0.2) is 30.4 Å². The molecule has 0 spiro atoms. The average Bonchev–Trinajstić information content (AvgIpc) is 2.76. The number of rotatable bonds is 2. The maximum absolute atomic E-state index is 15.3. The third kappa shape index (κ3) is 3.79. The molecule has 4 N–H and O–H groups in total. The molecule has 0 unspecified atom stereocenters. The number of anilines is 3. The van der Waals surface area contributed by atoms with Crippen molar-refractivity contribution < 1.29 is 18.7 Å². The van der Waals surface area contributed by atoms with E-state index >= 15 is 8.78 Å². The van der Waals surface area contributed by atoms with Crippen LogP contribution in [0.5, 0.6) is 5.75 Å². The van der Waals surface area contributed by atoms with Crippen molar-refractivity contribution in [3.63, 3.8) is 0 Å². The van der Waals surface area contributed by atoms with E-state index in [1.165, 1.54) is 6.20 Å². The molecular formula is C23H20F2N4O2S. The van der Waals surface area contributed by atoms with Crippen molar-refractivity contribution >= 4 is 29.8 Å². The number of likely N-dealkylation sites (N-methyl/N-ethyl adjacent to an activating group) is 1. The highest BCUT2D eigenvalue weighted by Gasteiger charge is 2.26. The predicted octanol–water partition coefficient (Wildman–Crippen LogP) is 4.24. The number of hydrogen-bond donors (Lipinski definition) is 4. The van der Waals surface area contributed by atoms with Gasteiger partial charge in [0.15, 0.2) is 11.6 Å². The fourth-order valence-corrected chi connectivity index (χ4v) is 3.80. The van der Waals surface area contributed by atoms with Gasteiger partial charge in [-0.1, -0.05) is 11.8 Å². The molecule has 0 amide bonds. The Hall–Kier alpha value is -3.48. The lowest BCUT2D eigenvalue weighted by Crippen LogP contribution is -2.29. The van der Waals surface area contributed by atoms with Crippen molar-refractivity contribution in [3.05, 3.63) is 58.8 Å². The Bertz CT molecular complexity index is 1290. The summed E-state index contributed by atoms with van der Waals surface area (Å²) in [7, 11) is 1.89. The zero-order valence-corrected chi connectivity index (χ0v) is 18.2. The van der Waals surface area contributed by atoms with Crippen LogP contribution in [0.1, 0.15) is 16.7 Å². The molecule has 2 aromatic carbocycles. The summed E-state index contributed by atoms with van der Waals surface area (Å²) < 4.78 is 36.1. The van der Waals surface area contributed by atoms with E-state index in [-0.39, 0.29) is 11.3 Å². The summed E-state index contributed by atoms with van der Waals surface area (Å²) in [5.74, 6) is 4.03. The number of halogens is 2. The largest absolute Gasteiger partial charge is 0.489 e. The Morgan fingerprint density at radius 3 is 2.78 bits per heavy atom. The van der Waals surface area contributed by atoms with Gasteiger partial charge in [0, 0.05) is 34.8 Å². The average molecular weight is 455 g/mol. The van der Waals surface area contributed by atoms with Gasteiger partial charge in [-0.25, -0.2) is 13.8 Å². The van der Waals surface area contributed by atoms with E-state index in [0.29, 0.717) is 46.3 Å². The van der Waals surface area contributed by atoms with E-state index in [1.807, 2.05) is 23.5 Å². The highest BCUT2D eigenvalue weighted by Crippen LogP contribution is 2.47. The zero-order valence-electron chi connectivity index (χ0n) is 17.3. The van der Waals surface area contributed by atoms with E-state index < -0.39 is 17.2 Å². The topological polar surface area (TPSA) is 83.6 Å². The molecule has 0 fully saturated rings. The minimum absolute atomic E-state index is 0.0650. The summed E-state index contributed by atoms with van der Waals surface area (Å²) in [6.07, 6.45) is 1.42. The zero-order chi connectivity index (χ0) is 23.0. The first-order valence-corrected chi connectivity index (χ1v) is 10.1. The molecular weight excluding hydrogens is 434 g/mol. The van der Waals surface area contributed by atoms with Gasteiger partial charge in [0.25, 0.3) is 0 Å². The third-order valence-electron chi connectivity index (χ3n) is 5.25. The molecule has 0 bridgehead atoms. The van der Waals surface area contributed by atoms with Crippen LogP contribution in [0.2, 0.25) is 0 Å². The summed E-state index contributed by atoms with van der Waals surface area (Å²) in [6.45, 7) is 2.83. The molecule has 0 saturated heterocycles. The minimum Gasteiger partial charge on any atom is -0.489 e. The number of fused-ring (bicyclic) bond motifs is 1. The predicted molar refractivity (Wildman–Crippen MR) is 123 cm³/mol. The van der Waals surface area contributed by atoms with Crippen molar-refractivity contribution in [2.24, 2.45) is 0 Å². The Labute approximate surface area is 189 Å². The number of hydrogen-bond acceptors (Lipinski definition) is 7. The molecule has 0 atom stereocenters. The Balaban J connectivity index is 1.87. The van der Waals surface area contributed by atoms with Crippen LogP contribution >= 0.6 is 12.6 Å². The number of aromatic nitrogens is 1. The van der Waals surface area contributed by atoms with Crippen LogP contribution < -0.4 is 20.9 Å². The van der Waals surface area contributed by atoms with Gasteiger partial charge in [-0.2, -0.15) is 0 Å². The van der Waals surface area contributed by atoms with Gasteiger partial charge in [-0.3, -0.25) is 10.7 Å². The van der Waals surface area contributed by atoms with Crippen molar-refractivity contribution in [1.82, 2.24) is 4.98 Å². The van der Waals surface area contributed by atoms with E-state index in [4.69, 9.17) is 10.5 Å². The summed E-state index contributed by atoms with van der Waals surface area (Å²) in [6, 6.07) is 6.30. The van der Waals surface area contributed by atoms with Gasteiger partial charge in [0.1, 0.15) is 23.9 Å². The van der Waals surface area contributed by atoms with Gasteiger partial charge in [0.2, 0.25) is 0 Å². The number of thiol groups is 1. The van der Waals surface area contributed by atoms with E-state index in [2.05, 4.69) is 29.5 Å². The minimum atomic E-state index is -1.04. The third-order valence-corrected chi connectivity index (χ3v) is 5.62. The molecule has 6 nitrogen and oxygen atoms in total. The maximum Gasteiger partial charge on any atom is 0.167 e. The highest BCUT2D eigenvalue weighted by atomic mass is 32.1. The summed E-state index contributed by atoms with van der Waals surface area (Å²) >= 11 is 4.46. The molecule has 32 heavy (non-hydrogen) atoms. The fourth-order valence-electron chi connectivity index (χ4n) is 3.50. The van der Waals surface area contributed by atoms with Crippen molar-refractivity contribution in [2.75, 3.05) is 36.3 Å². The molecule has 3 aromatic rings. The lowest BCUT2D eigenvalue weighted by molar-refractivity contribution is 0.312. The molecule has 9 heteroatoms. The first-order valence-electron chi connectivity index (χ1n) is 9.68. The molecule has 0 aliphatic carbocycles. The van der Waals surface area contributed by atoms with Crippen LogP contribution in [0.3, 0.4) is 0 Å². The molecule has 4 rings (SSSR count). The van der Waals surface area contributed by atoms with Gasteiger partial charge in [0.05, 0.1) is 17.8 Å². The summed E-state index contributed by atoms with van der Waals surface area (Å²) in [4.78, 5) is 6.40. The monoisotopic (exact) mass is 454 g/mol. The second-order valence-corrected chi connectivity index (χ2v) is 7.82. The van der Waals surface area contributed by atoms with E-state index in [9.17, 15) is 5.21 Å². The Morgan fingerprint density at radius 1 is 1.28 bits per heavy atom. The number of nitrogen functional groups attached to an aromatic ring is 1. The number of ether oxygens (including phenoxy) is 1. The number of pyridine rings is 1. The van der Waals surface area contributed by atoms with Gasteiger partial charge in [-0.05, 0) is 36.8 Å². The molecule has 1 aromatic heterocycles. The Kier molecular flexibility index (Phi) is 5.82. The lowest BCUT2D eigenvalue weighted by atomic mass is 9.98. The molecule has 0 saturated carbocycles. The maximum atomic E-state index is 15.3. The first kappa shape index (κ1) is 21.7. The summed E-state index contributed by atoms with van der Waals surface area (Å²) in [5, 5.41) is 9.71. The van der Waals surface area contributed by atoms with Crippen LogP contribution in [-0.2, 0) is 0 Å². The van der Waals surface area contributed by atoms with E-state index in [0.717, 1.165) is 11.8 Å². The second kappa shape index (κ2) is 8.57. The number of nitrogens with zero attached hydrogens (tertiary/aromatic N) is 2. The number of nitrogens with one attached hydrogen (secondary N) is 1. The van der Waals surface area contributed by atoms with Crippen LogP contribution in [0.25, 0.3) is 11.1 Å². The molecule has 2 heterocycles. The summed E-state index contributed by atoms with van der Waals surface area (Å²) in [5.41, 5.74) is 9.04. The van der Waals surface area contributed by atoms with Crippen LogP contribution in [0.4, 0.5) is 26.0 Å². The number of aryl methyl sites for hydroxylation is 1. The van der Waals surface area contributed by atoms with Crippen molar-refractivity contribution in [2.45, 2.75) is 11.8 Å². The fraction of sp³-hybridized carbons (Fsp3) is 0.174. The molecule has 1 aliphatic rings. The Morgan fingerprint density at radius 2 is 2.06 bits per heavy atom. The van der Waals surface area contributed by atoms with E-state index in [1.54, 1.807) is 19.1 Å². The lowest BCUT2D eigenvalue weighted by Gasteiger charge is -2.30. The standard InChI is InChI=1S/C23H20F2N4O2S/c1-12-9-13(11-27-23(12)26)3-4-14-16(24)10-15(21(28-30)20(14)25)19-18(32)6-5-17-22(19)31-8-7-29(17)2/h5-6,9-11,28,30,32H,7-8H2,1-2H3,(H2,26,27). The SMILES string of the molecule is Cc1cc(C#Cc2c(F)cc(-c3c(S)ccc4c3OCCN4C)c(NO)c2F)cnc1N. The van der Waals surface area contributed by atoms with Gasteiger partial charge in [-0.15, -0.1) is 12.6 Å². The number of benzene rings is 2.